The van der Waals surface area contributed by atoms with Crippen molar-refractivity contribution in [3.63, 3.8) is 0 Å². The van der Waals surface area contributed by atoms with E-state index in [1.165, 1.54) is 0 Å². The molecule has 0 spiro atoms. The summed E-state index contributed by atoms with van der Waals surface area (Å²) in [5.41, 5.74) is 0. The maximum Gasteiger partial charge on any atom is 0.289 e. The highest BCUT2D eigenvalue weighted by atomic mass is 19.3. The summed E-state index contributed by atoms with van der Waals surface area (Å²) < 4.78 is 41.6. The molecule has 0 aromatic heterocycles. The molecular weight excluding hydrogens is 241 g/mol. The van der Waals surface area contributed by atoms with Crippen LogP contribution < -0.4 is 0 Å². The molecule has 0 aliphatic heterocycles. The smallest absolute Gasteiger partial charge is 0.289 e. The zero-order valence-electron chi connectivity index (χ0n) is 11.4. The van der Waals surface area contributed by atoms with Crippen molar-refractivity contribution in [1.29, 1.82) is 0 Å². The summed E-state index contributed by atoms with van der Waals surface area (Å²) in [5.74, 6) is -1.04. The van der Waals surface area contributed by atoms with Gasteiger partial charge in [0.15, 0.2) is 5.83 Å². The van der Waals surface area contributed by atoms with Gasteiger partial charge in [-0.15, -0.1) is 0 Å². The average molecular weight is 266 g/mol. The van der Waals surface area contributed by atoms with E-state index in [1.807, 2.05) is 6.92 Å². The quantitative estimate of drug-likeness (QED) is 0.472. The van der Waals surface area contributed by atoms with Gasteiger partial charge in [-0.3, -0.25) is 0 Å². The van der Waals surface area contributed by atoms with Gasteiger partial charge in [0.1, 0.15) is 0 Å². The normalized spacial score (nSPS) is 14.2. The summed E-state index contributed by atoms with van der Waals surface area (Å²) in [6, 6.07) is 0. The van der Waals surface area contributed by atoms with E-state index in [4.69, 9.17) is 4.74 Å². The Morgan fingerprint density at radius 3 is 2.50 bits per heavy atom. The van der Waals surface area contributed by atoms with Crippen molar-refractivity contribution in [2.45, 2.75) is 58.8 Å². The molecule has 1 unspecified atom stereocenters. The minimum absolute atomic E-state index is 0.256. The lowest BCUT2D eigenvalue weighted by atomic mass is 9.99. The van der Waals surface area contributed by atoms with Crippen LogP contribution >= 0.6 is 0 Å². The molecule has 0 N–H and O–H groups in total. The minimum Gasteiger partial charge on any atom is -0.381 e. The average Bonchev–Trinajstić information content (AvgIpc) is 2.34. The van der Waals surface area contributed by atoms with E-state index in [2.05, 4.69) is 6.92 Å². The monoisotopic (exact) mass is 266 g/mol. The van der Waals surface area contributed by atoms with Crippen LogP contribution in [0.15, 0.2) is 11.9 Å². The second-order valence-electron chi connectivity index (χ2n) is 4.69. The van der Waals surface area contributed by atoms with E-state index in [-0.39, 0.29) is 5.92 Å². The van der Waals surface area contributed by atoms with Gasteiger partial charge in [0.25, 0.3) is 6.43 Å². The first-order chi connectivity index (χ1) is 8.57. The van der Waals surface area contributed by atoms with E-state index >= 15 is 0 Å². The lowest BCUT2D eigenvalue weighted by molar-refractivity contribution is 0.130. The topological polar surface area (TPSA) is 9.23 Å². The molecule has 0 rings (SSSR count). The van der Waals surface area contributed by atoms with Gasteiger partial charge >= 0.3 is 0 Å². The molecule has 0 aromatic carbocycles. The van der Waals surface area contributed by atoms with E-state index in [9.17, 15) is 13.2 Å². The molecule has 0 heterocycles. The number of allylic oxidation sites excluding steroid dienone is 2. The highest BCUT2D eigenvalue weighted by molar-refractivity contribution is 4.94. The zero-order chi connectivity index (χ0) is 13.8. The molecule has 0 aliphatic carbocycles. The van der Waals surface area contributed by atoms with Gasteiger partial charge in [-0.2, -0.15) is 0 Å². The Bertz CT molecular complexity index is 217. The predicted octanol–water partition coefficient (Wildman–Crippen LogP) is 5.12. The summed E-state index contributed by atoms with van der Waals surface area (Å²) in [6.07, 6.45) is 3.58. The van der Waals surface area contributed by atoms with Crippen molar-refractivity contribution in [2.75, 3.05) is 13.2 Å². The number of hydrogen-bond donors (Lipinski definition) is 0. The van der Waals surface area contributed by atoms with Crippen LogP contribution in [-0.2, 0) is 4.74 Å². The van der Waals surface area contributed by atoms with E-state index in [0.29, 0.717) is 6.42 Å². The summed E-state index contributed by atoms with van der Waals surface area (Å²) >= 11 is 0. The Morgan fingerprint density at radius 1 is 1.17 bits per heavy atom. The molecule has 0 saturated heterocycles. The molecule has 4 heteroatoms. The van der Waals surface area contributed by atoms with Crippen LogP contribution in [0.25, 0.3) is 0 Å². The zero-order valence-corrected chi connectivity index (χ0v) is 11.4. The molecule has 1 nitrogen and oxygen atoms in total. The predicted molar refractivity (Wildman–Crippen MR) is 68.6 cm³/mol. The standard InChI is InChI=1S/C14H25F3O/c1-3-10-18-11-6-4-5-7-12(2)8-9-13(15)14(16)17/h9,12,14H,3-8,10-11H2,1-2H3/b13-9-. The molecule has 1 atom stereocenters. The summed E-state index contributed by atoms with van der Waals surface area (Å²) in [7, 11) is 0. The Balaban J connectivity index is 3.42. The first-order valence-electron chi connectivity index (χ1n) is 6.79. The van der Waals surface area contributed by atoms with E-state index in [1.54, 1.807) is 0 Å². The Hall–Kier alpha value is -0.510. The number of rotatable bonds is 11. The Kier molecular flexibility index (Phi) is 11.2. The second-order valence-corrected chi connectivity index (χ2v) is 4.69. The maximum absolute atomic E-state index is 12.5. The largest absolute Gasteiger partial charge is 0.381 e. The van der Waals surface area contributed by atoms with Crippen LogP contribution in [0.4, 0.5) is 13.2 Å². The van der Waals surface area contributed by atoms with Crippen LogP contribution in [0, 0.1) is 5.92 Å². The Morgan fingerprint density at radius 2 is 1.89 bits per heavy atom. The molecule has 0 aliphatic rings. The van der Waals surface area contributed by atoms with E-state index < -0.39 is 12.3 Å². The molecule has 18 heavy (non-hydrogen) atoms. The Labute approximate surface area is 108 Å². The minimum atomic E-state index is -2.96. The van der Waals surface area contributed by atoms with Crippen molar-refractivity contribution in [1.82, 2.24) is 0 Å². The third-order valence-electron chi connectivity index (χ3n) is 2.76. The van der Waals surface area contributed by atoms with Gasteiger partial charge in [0, 0.05) is 13.2 Å². The first-order valence-corrected chi connectivity index (χ1v) is 6.79. The highest BCUT2D eigenvalue weighted by Gasteiger charge is 2.10. The number of ether oxygens (including phenoxy) is 1. The fourth-order valence-electron chi connectivity index (χ4n) is 1.64. The SMILES string of the molecule is CCCOCCCCCC(C)C/C=C(\F)C(F)F. The third-order valence-corrected chi connectivity index (χ3v) is 2.76. The molecule has 0 radical (unpaired) electrons. The van der Waals surface area contributed by atoms with Crippen molar-refractivity contribution in [3.8, 4) is 0 Å². The lowest BCUT2D eigenvalue weighted by Crippen LogP contribution is -1.98. The number of halogens is 3. The molecule has 0 aromatic rings. The molecule has 0 fully saturated rings. The summed E-state index contributed by atoms with van der Waals surface area (Å²) in [5, 5.41) is 0. The molecule has 108 valence electrons. The molecular formula is C14H25F3O. The number of alkyl halides is 2. The summed E-state index contributed by atoms with van der Waals surface area (Å²) in [4.78, 5) is 0. The fourth-order valence-corrected chi connectivity index (χ4v) is 1.64. The molecule has 0 bridgehead atoms. The van der Waals surface area contributed by atoms with Crippen molar-refractivity contribution < 1.29 is 17.9 Å². The van der Waals surface area contributed by atoms with Gasteiger partial charge in [0.05, 0.1) is 0 Å². The first kappa shape index (κ1) is 17.5. The van der Waals surface area contributed by atoms with E-state index in [0.717, 1.165) is 51.4 Å². The third kappa shape index (κ3) is 10.6. The number of hydrogen-bond acceptors (Lipinski definition) is 1. The van der Waals surface area contributed by atoms with Crippen LogP contribution in [0.3, 0.4) is 0 Å². The highest BCUT2D eigenvalue weighted by Crippen LogP contribution is 2.17. The van der Waals surface area contributed by atoms with Crippen LogP contribution in [0.2, 0.25) is 0 Å². The van der Waals surface area contributed by atoms with Gasteiger partial charge < -0.3 is 4.74 Å². The summed E-state index contributed by atoms with van der Waals surface area (Å²) in [6.45, 7) is 5.65. The fraction of sp³-hybridized carbons (Fsp3) is 0.857. The van der Waals surface area contributed by atoms with Crippen LogP contribution in [0.5, 0.6) is 0 Å². The van der Waals surface area contributed by atoms with Gasteiger partial charge in [-0.25, -0.2) is 13.2 Å². The second kappa shape index (κ2) is 11.6. The van der Waals surface area contributed by atoms with Crippen LogP contribution in [0.1, 0.15) is 52.4 Å². The van der Waals surface area contributed by atoms with Crippen molar-refractivity contribution in [3.05, 3.63) is 11.9 Å². The molecule has 0 saturated carbocycles. The van der Waals surface area contributed by atoms with Gasteiger partial charge in [-0.1, -0.05) is 33.1 Å². The van der Waals surface area contributed by atoms with Crippen molar-refractivity contribution >= 4 is 0 Å². The van der Waals surface area contributed by atoms with Gasteiger partial charge in [0.2, 0.25) is 0 Å². The van der Waals surface area contributed by atoms with Gasteiger partial charge in [-0.05, 0) is 31.3 Å². The van der Waals surface area contributed by atoms with Crippen molar-refractivity contribution in [2.24, 2.45) is 5.92 Å². The van der Waals surface area contributed by atoms with Crippen LogP contribution in [-0.4, -0.2) is 19.6 Å². The lowest BCUT2D eigenvalue weighted by Gasteiger charge is -2.08. The number of unbranched alkanes of at least 4 members (excludes halogenated alkanes) is 2. The molecule has 0 amide bonds. The maximum atomic E-state index is 12.5.